The molecule has 0 saturated carbocycles. The van der Waals surface area contributed by atoms with Crippen molar-refractivity contribution in [3.63, 3.8) is 0 Å². The van der Waals surface area contributed by atoms with E-state index in [1.165, 1.54) is 41.0 Å². The molecular weight excluding hydrogens is 228 g/mol. The second-order valence-corrected chi connectivity index (χ2v) is 7.15. The highest BCUT2D eigenvalue weighted by molar-refractivity contribution is 8.17. The Balaban J connectivity index is 2.12. The second kappa shape index (κ2) is 4.61. The lowest BCUT2D eigenvalue weighted by molar-refractivity contribution is 0.481. The van der Waals surface area contributed by atoms with Crippen LogP contribution >= 0.6 is 10.9 Å². The Hall–Kier alpha value is -1.15. The highest BCUT2D eigenvalue weighted by Crippen LogP contribution is 2.45. The van der Waals surface area contributed by atoms with Crippen LogP contribution in [0.4, 0.5) is 0 Å². The van der Waals surface area contributed by atoms with Crippen LogP contribution in [0.3, 0.4) is 0 Å². The van der Waals surface area contributed by atoms with Crippen LogP contribution in [0.2, 0.25) is 0 Å². The van der Waals surface area contributed by atoms with Gasteiger partial charge in [0.1, 0.15) is 5.75 Å². The third-order valence-electron chi connectivity index (χ3n) is 3.57. The highest BCUT2D eigenvalue weighted by atomic mass is 32.2. The van der Waals surface area contributed by atoms with Crippen LogP contribution in [0.25, 0.3) is 10.8 Å². The predicted octanol–water partition coefficient (Wildman–Crippen LogP) is 4.09. The fraction of sp³-hybridized carbons (Fsp3) is 0.333. The Morgan fingerprint density at radius 3 is 2.29 bits per heavy atom. The van der Waals surface area contributed by atoms with Crippen LogP contribution in [0.15, 0.2) is 41.3 Å². The van der Waals surface area contributed by atoms with E-state index in [2.05, 4.69) is 18.2 Å². The van der Waals surface area contributed by atoms with Gasteiger partial charge < -0.3 is 5.11 Å². The summed E-state index contributed by atoms with van der Waals surface area (Å²) < 4.78 is 0. The minimum Gasteiger partial charge on any atom is -0.507 e. The molecule has 3 rings (SSSR count). The molecule has 2 aromatic carbocycles. The molecule has 0 atom stereocenters. The molecule has 17 heavy (non-hydrogen) atoms. The first-order valence-electron chi connectivity index (χ1n) is 6.32. The monoisotopic (exact) mass is 246 g/mol. The van der Waals surface area contributed by atoms with E-state index in [0.29, 0.717) is 5.75 Å². The zero-order valence-corrected chi connectivity index (χ0v) is 10.8. The first-order valence-corrected chi connectivity index (χ1v) is 8.03. The first kappa shape index (κ1) is 11.0. The summed E-state index contributed by atoms with van der Waals surface area (Å²) in [5.74, 6) is 3.14. The van der Waals surface area contributed by atoms with Gasteiger partial charge in [0.15, 0.2) is 0 Å². The van der Waals surface area contributed by atoms with Gasteiger partial charge in [-0.2, -0.15) is 0 Å². The fourth-order valence-electron chi connectivity index (χ4n) is 2.68. The molecule has 1 N–H and O–H groups in total. The highest BCUT2D eigenvalue weighted by Gasteiger charge is 2.14. The minimum atomic E-state index is 0.00986. The SMILES string of the molecule is Oc1ccc([SH]2CCCCC2)c2ccccc12. The normalized spacial score (nSPS) is 18.5. The number of phenols is 1. The standard InChI is InChI=1S/C15H18OS/c16-14-8-9-15(17-10-4-1-5-11-17)13-7-3-2-6-12(13)14/h2-3,6-9,16-17H,1,4-5,10-11H2. The molecule has 0 spiro atoms. The number of hydrogen-bond acceptors (Lipinski definition) is 1. The van der Waals surface area contributed by atoms with E-state index in [1.54, 1.807) is 0 Å². The van der Waals surface area contributed by atoms with Crippen LogP contribution in [0.5, 0.6) is 5.75 Å². The van der Waals surface area contributed by atoms with Crippen molar-refractivity contribution in [1.82, 2.24) is 0 Å². The van der Waals surface area contributed by atoms with Crippen molar-refractivity contribution in [2.24, 2.45) is 0 Å². The maximum atomic E-state index is 9.90. The molecule has 0 aromatic heterocycles. The molecule has 90 valence electrons. The summed E-state index contributed by atoms with van der Waals surface area (Å²) in [5, 5.41) is 12.2. The summed E-state index contributed by atoms with van der Waals surface area (Å²) in [7, 11) is 0.00986. The Morgan fingerprint density at radius 2 is 1.53 bits per heavy atom. The van der Waals surface area contributed by atoms with Crippen molar-refractivity contribution >= 4 is 21.7 Å². The van der Waals surface area contributed by atoms with E-state index >= 15 is 0 Å². The first-order chi connectivity index (χ1) is 8.36. The van der Waals surface area contributed by atoms with E-state index in [9.17, 15) is 5.11 Å². The van der Waals surface area contributed by atoms with Crippen molar-refractivity contribution in [3.05, 3.63) is 36.4 Å². The Morgan fingerprint density at radius 1 is 0.824 bits per heavy atom. The van der Waals surface area contributed by atoms with Gasteiger partial charge in [0.25, 0.3) is 0 Å². The topological polar surface area (TPSA) is 20.2 Å². The summed E-state index contributed by atoms with van der Waals surface area (Å²) >= 11 is 0. The van der Waals surface area contributed by atoms with E-state index in [1.807, 2.05) is 18.2 Å². The molecule has 0 aliphatic carbocycles. The summed E-state index contributed by atoms with van der Waals surface area (Å²) in [6, 6.07) is 12.3. The Bertz CT molecular complexity index is 529. The summed E-state index contributed by atoms with van der Waals surface area (Å²) in [5.41, 5.74) is 0. The van der Waals surface area contributed by atoms with Crippen molar-refractivity contribution in [2.45, 2.75) is 24.2 Å². The van der Waals surface area contributed by atoms with Gasteiger partial charge in [0, 0.05) is 5.39 Å². The maximum absolute atomic E-state index is 9.90. The average molecular weight is 246 g/mol. The lowest BCUT2D eigenvalue weighted by Gasteiger charge is -2.27. The third-order valence-corrected chi connectivity index (χ3v) is 6.36. The van der Waals surface area contributed by atoms with Gasteiger partial charge in [-0.15, -0.1) is 0 Å². The van der Waals surface area contributed by atoms with E-state index in [-0.39, 0.29) is 10.9 Å². The number of benzene rings is 2. The van der Waals surface area contributed by atoms with E-state index in [4.69, 9.17) is 0 Å². The minimum absolute atomic E-state index is 0.00986. The summed E-state index contributed by atoms with van der Waals surface area (Å²) in [6.07, 6.45) is 4.15. The van der Waals surface area contributed by atoms with Crippen molar-refractivity contribution in [2.75, 3.05) is 11.5 Å². The molecule has 2 heteroatoms. The largest absolute Gasteiger partial charge is 0.507 e. The predicted molar refractivity (Wildman–Crippen MR) is 76.4 cm³/mol. The third kappa shape index (κ3) is 2.02. The summed E-state index contributed by atoms with van der Waals surface area (Å²) in [4.78, 5) is 1.49. The van der Waals surface area contributed by atoms with Crippen LogP contribution in [-0.2, 0) is 0 Å². The average Bonchev–Trinajstić information content (AvgIpc) is 2.41. The van der Waals surface area contributed by atoms with Crippen LogP contribution in [0.1, 0.15) is 19.3 Å². The number of aromatic hydroxyl groups is 1. The van der Waals surface area contributed by atoms with Crippen LogP contribution in [0, 0.1) is 0 Å². The van der Waals surface area contributed by atoms with Crippen molar-refractivity contribution in [3.8, 4) is 5.75 Å². The molecule has 2 aromatic rings. The Kier molecular flexibility index (Phi) is 2.98. The van der Waals surface area contributed by atoms with Crippen LogP contribution < -0.4 is 0 Å². The van der Waals surface area contributed by atoms with E-state index < -0.39 is 0 Å². The zero-order valence-electron chi connectivity index (χ0n) is 9.89. The number of hydrogen-bond donors (Lipinski definition) is 2. The van der Waals surface area contributed by atoms with Gasteiger partial charge in [-0.25, -0.2) is 10.9 Å². The molecule has 1 heterocycles. The van der Waals surface area contributed by atoms with Gasteiger partial charge in [0.05, 0.1) is 0 Å². The molecule has 1 aliphatic heterocycles. The van der Waals surface area contributed by atoms with Crippen LogP contribution in [-0.4, -0.2) is 16.6 Å². The number of phenolic OH excluding ortho intramolecular Hbond substituents is 1. The lowest BCUT2D eigenvalue weighted by Crippen LogP contribution is -2.03. The molecule has 0 bridgehead atoms. The van der Waals surface area contributed by atoms with Gasteiger partial charge in [-0.05, 0) is 46.8 Å². The van der Waals surface area contributed by atoms with Gasteiger partial charge in [0.2, 0.25) is 0 Å². The van der Waals surface area contributed by atoms with Gasteiger partial charge >= 0.3 is 0 Å². The molecular formula is C15H18OS. The van der Waals surface area contributed by atoms with E-state index in [0.717, 1.165) is 5.39 Å². The number of fused-ring (bicyclic) bond motifs is 1. The fourth-order valence-corrected chi connectivity index (χ4v) is 5.41. The number of rotatable bonds is 1. The Labute approximate surface area is 105 Å². The molecule has 1 saturated heterocycles. The maximum Gasteiger partial charge on any atom is 0.123 e. The molecule has 0 amide bonds. The summed E-state index contributed by atoms with van der Waals surface area (Å²) in [6.45, 7) is 0. The zero-order chi connectivity index (χ0) is 11.7. The smallest absolute Gasteiger partial charge is 0.123 e. The van der Waals surface area contributed by atoms with Gasteiger partial charge in [-0.3, -0.25) is 0 Å². The molecule has 1 aliphatic rings. The molecule has 1 nitrogen and oxygen atoms in total. The van der Waals surface area contributed by atoms with Crippen molar-refractivity contribution in [1.29, 1.82) is 0 Å². The molecule has 0 radical (unpaired) electrons. The molecule has 1 fully saturated rings. The quantitative estimate of drug-likeness (QED) is 0.726. The second-order valence-electron chi connectivity index (χ2n) is 4.70. The van der Waals surface area contributed by atoms with Gasteiger partial charge in [-0.1, -0.05) is 30.7 Å². The van der Waals surface area contributed by atoms with Crippen molar-refractivity contribution < 1.29 is 5.11 Å². The molecule has 0 unspecified atom stereocenters. The number of thiol groups is 1. The lowest BCUT2D eigenvalue weighted by atomic mass is 10.1.